The van der Waals surface area contributed by atoms with E-state index in [1.165, 1.54) is 5.56 Å². The molecular formula is C13H16Br2N2O. The lowest BCUT2D eigenvalue weighted by atomic mass is 10.2. The van der Waals surface area contributed by atoms with Crippen molar-refractivity contribution in [3.63, 3.8) is 0 Å². The summed E-state index contributed by atoms with van der Waals surface area (Å²) >= 11 is 7.01. The van der Waals surface area contributed by atoms with Crippen LogP contribution in [0.1, 0.15) is 12.0 Å². The molecule has 98 valence electrons. The van der Waals surface area contributed by atoms with E-state index in [0.29, 0.717) is 13.0 Å². The maximum absolute atomic E-state index is 8.70. The molecule has 0 unspecified atom stereocenters. The number of rotatable bonds is 7. The van der Waals surface area contributed by atoms with Crippen LogP contribution in [0.3, 0.4) is 0 Å². The highest BCUT2D eigenvalue weighted by molar-refractivity contribution is 9.10. The summed E-state index contributed by atoms with van der Waals surface area (Å²) in [5.74, 6) is 0. The quantitative estimate of drug-likeness (QED) is 0.681. The lowest BCUT2D eigenvalue weighted by Gasteiger charge is -2.24. The molecule has 1 aromatic carbocycles. The van der Waals surface area contributed by atoms with Crippen molar-refractivity contribution in [2.45, 2.75) is 11.8 Å². The van der Waals surface area contributed by atoms with E-state index >= 15 is 0 Å². The van der Waals surface area contributed by atoms with Gasteiger partial charge in [-0.05, 0) is 17.7 Å². The van der Waals surface area contributed by atoms with Gasteiger partial charge in [0.15, 0.2) is 0 Å². The molecule has 0 spiro atoms. The fraction of sp³-hybridized carbons (Fsp3) is 0.462. The summed E-state index contributed by atoms with van der Waals surface area (Å²) in [6.07, 6.45) is 0.515. The number of nitrogens with zero attached hydrogens (tertiary/aromatic N) is 2. The van der Waals surface area contributed by atoms with Gasteiger partial charge in [0.25, 0.3) is 0 Å². The predicted octanol–water partition coefficient (Wildman–Crippen LogP) is 3.71. The van der Waals surface area contributed by atoms with Gasteiger partial charge in [0.1, 0.15) is 0 Å². The van der Waals surface area contributed by atoms with Crippen LogP contribution in [0.15, 0.2) is 22.7 Å². The van der Waals surface area contributed by atoms with E-state index in [9.17, 15) is 0 Å². The molecule has 5 heteroatoms. The number of hydrogen-bond donors (Lipinski definition) is 0. The molecule has 0 heterocycles. The summed E-state index contributed by atoms with van der Waals surface area (Å²) in [4.78, 5) is 2.16. The third-order valence-corrected chi connectivity index (χ3v) is 3.95. The Balaban J connectivity index is 2.83. The first-order valence-corrected chi connectivity index (χ1v) is 7.59. The van der Waals surface area contributed by atoms with Crippen molar-refractivity contribution in [2.75, 3.05) is 31.7 Å². The van der Waals surface area contributed by atoms with Crippen molar-refractivity contribution in [1.29, 1.82) is 5.26 Å². The first-order valence-electron chi connectivity index (χ1n) is 5.68. The largest absolute Gasteiger partial charge is 0.383 e. The average Bonchev–Trinajstić information content (AvgIpc) is 2.39. The molecule has 0 aromatic heterocycles. The number of ether oxygens (including phenoxy) is 1. The van der Waals surface area contributed by atoms with Crippen LogP contribution in [0.2, 0.25) is 0 Å². The second-order valence-corrected chi connectivity index (χ2v) is 5.21. The zero-order valence-electron chi connectivity index (χ0n) is 10.3. The highest BCUT2D eigenvalue weighted by Crippen LogP contribution is 2.25. The molecular weight excluding hydrogens is 360 g/mol. The molecule has 0 radical (unpaired) electrons. The Kier molecular flexibility index (Phi) is 7.33. The Bertz CT molecular complexity index is 418. The Morgan fingerprint density at radius 3 is 2.72 bits per heavy atom. The lowest BCUT2D eigenvalue weighted by Crippen LogP contribution is -2.28. The Labute approximate surface area is 125 Å². The molecule has 1 rings (SSSR count). The second-order valence-electron chi connectivity index (χ2n) is 3.80. The molecule has 0 fully saturated rings. The topological polar surface area (TPSA) is 36.3 Å². The van der Waals surface area contributed by atoms with Crippen LogP contribution < -0.4 is 4.90 Å². The molecule has 0 saturated heterocycles. The molecule has 0 N–H and O–H groups in total. The SMILES string of the molecule is COCCN(CCC#N)c1ccc(CBr)c(Br)c1. The fourth-order valence-electron chi connectivity index (χ4n) is 1.60. The van der Waals surface area contributed by atoms with Crippen molar-refractivity contribution >= 4 is 37.5 Å². The van der Waals surface area contributed by atoms with E-state index < -0.39 is 0 Å². The number of anilines is 1. The molecule has 0 amide bonds. The summed E-state index contributed by atoms with van der Waals surface area (Å²) in [6, 6.07) is 8.43. The van der Waals surface area contributed by atoms with Gasteiger partial charge in [-0.2, -0.15) is 5.26 Å². The van der Waals surface area contributed by atoms with Crippen LogP contribution in [-0.4, -0.2) is 26.8 Å². The second kappa shape index (κ2) is 8.52. The maximum atomic E-state index is 8.70. The smallest absolute Gasteiger partial charge is 0.0640 e. The minimum Gasteiger partial charge on any atom is -0.383 e. The van der Waals surface area contributed by atoms with Crippen LogP contribution >= 0.6 is 31.9 Å². The van der Waals surface area contributed by atoms with E-state index in [0.717, 1.165) is 28.6 Å². The lowest BCUT2D eigenvalue weighted by molar-refractivity contribution is 0.205. The number of halogens is 2. The van der Waals surface area contributed by atoms with Crippen molar-refractivity contribution in [1.82, 2.24) is 0 Å². The average molecular weight is 376 g/mol. The van der Waals surface area contributed by atoms with E-state index in [2.05, 4.69) is 61.0 Å². The van der Waals surface area contributed by atoms with Crippen molar-refractivity contribution in [3.8, 4) is 6.07 Å². The highest BCUT2D eigenvalue weighted by atomic mass is 79.9. The summed E-state index contributed by atoms with van der Waals surface area (Å²) in [6.45, 7) is 2.17. The van der Waals surface area contributed by atoms with Gasteiger partial charge in [-0.15, -0.1) is 0 Å². The summed E-state index contributed by atoms with van der Waals surface area (Å²) < 4.78 is 6.18. The van der Waals surface area contributed by atoms with Crippen LogP contribution in [0.5, 0.6) is 0 Å². The standard InChI is InChI=1S/C13H16Br2N2O/c1-18-8-7-17(6-2-5-16)12-4-3-11(10-14)13(15)9-12/h3-4,9H,2,6-8,10H2,1H3. The van der Waals surface area contributed by atoms with Crippen LogP contribution in [0.25, 0.3) is 0 Å². The zero-order valence-corrected chi connectivity index (χ0v) is 13.5. The summed E-state index contributed by atoms with van der Waals surface area (Å²) in [7, 11) is 1.69. The van der Waals surface area contributed by atoms with Gasteiger partial charge in [-0.25, -0.2) is 0 Å². The van der Waals surface area contributed by atoms with Gasteiger partial charge in [-0.1, -0.05) is 37.9 Å². The third-order valence-electron chi connectivity index (χ3n) is 2.60. The van der Waals surface area contributed by atoms with Gasteiger partial charge in [0.05, 0.1) is 19.1 Å². The summed E-state index contributed by atoms with van der Waals surface area (Å²) in [5.41, 5.74) is 2.32. The fourth-order valence-corrected chi connectivity index (χ4v) is 2.97. The minimum absolute atomic E-state index is 0.515. The summed E-state index contributed by atoms with van der Waals surface area (Å²) in [5, 5.41) is 9.52. The molecule has 1 aromatic rings. The molecule has 0 aliphatic carbocycles. The Hall–Kier alpha value is -0.570. The van der Waals surface area contributed by atoms with Crippen molar-refractivity contribution in [2.24, 2.45) is 0 Å². The van der Waals surface area contributed by atoms with Crippen LogP contribution in [-0.2, 0) is 10.1 Å². The number of hydrogen-bond acceptors (Lipinski definition) is 3. The molecule has 0 saturated carbocycles. The van der Waals surface area contributed by atoms with Gasteiger partial charge < -0.3 is 9.64 Å². The number of methoxy groups -OCH3 is 1. The van der Waals surface area contributed by atoms with Gasteiger partial charge in [-0.3, -0.25) is 0 Å². The normalized spacial score (nSPS) is 10.1. The Morgan fingerprint density at radius 1 is 1.39 bits per heavy atom. The number of nitriles is 1. The van der Waals surface area contributed by atoms with E-state index in [-0.39, 0.29) is 0 Å². The maximum Gasteiger partial charge on any atom is 0.0640 e. The minimum atomic E-state index is 0.515. The van der Waals surface area contributed by atoms with Gasteiger partial charge >= 0.3 is 0 Å². The molecule has 0 aliphatic rings. The number of alkyl halides is 1. The highest BCUT2D eigenvalue weighted by Gasteiger charge is 2.08. The first kappa shape index (κ1) is 15.5. The molecule has 0 aliphatic heterocycles. The van der Waals surface area contributed by atoms with Gasteiger partial charge in [0.2, 0.25) is 0 Å². The molecule has 3 nitrogen and oxygen atoms in total. The van der Waals surface area contributed by atoms with E-state index in [1.807, 2.05) is 0 Å². The van der Waals surface area contributed by atoms with Crippen LogP contribution in [0.4, 0.5) is 5.69 Å². The van der Waals surface area contributed by atoms with Crippen molar-refractivity contribution in [3.05, 3.63) is 28.2 Å². The van der Waals surface area contributed by atoms with Gasteiger partial charge in [0, 0.05) is 35.7 Å². The predicted molar refractivity (Wildman–Crippen MR) is 81.1 cm³/mol. The zero-order chi connectivity index (χ0) is 13.4. The Morgan fingerprint density at radius 2 is 2.17 bits per heavy atom. The first-order chi connectivity index (χ1) is 8.72. The van der Waals surface area contributed by atoms with Crippen LogP contribution in [0, 0.1) is 11.3 Å². The molecule has 0 atom stereocenters. The van der Waals surface area contributed by atoms with E-state index in [1.54, 1.807) is 7.11 Å². The third kappa shape index (κ3) is 4.60. The monoisotopic (exact) mass is 374 g/mol. The molecule has 0 bridgehead atoms. The van der Waals surface area contributed by atoms with Crippen molar-refractivity contribution < 1.29 is 4.74 Å². The van der Waals surface area contributed by atoms with E-state index in [4.69, 9.17) is 10.00 Å². The number of benzene rings is 1. The molecule has 18 heavy (non-hydrogen) atoms.